The van der Waals surface area contributed by atoms with Gasteiger partial charge in [-0.1, -0.05) is 75.2 Å². The zero-order valence-electron chi connectivity index (χ0n) is 17.4. The lowest BCUT2D eigenvalue weighted by Crippen LogP contribution is -2.33. The summed E-state index contributed by atoms with van der Waals surface area (Å²) >= 11 is 5.93. The lowest BCUT2D eigenvalue weighted by molar-refractivity contribution is -0.123. The van der Waals surface area contributed by atoms with Crippen LogP contribution in [0.15, 0.2) is 48.5 Å². The normalized spacial score (nSPS) is 14.7. The number of benzene rings is 2. The van der Waals surface area contributed by atoms with E-state index in [-0.39, 0.29) is 17.2 Å². The first-order chi connectivity index (χ1) is 14.5. The van der Waals surface area contributed by atoms with Crippen LogP contribution >= 0.6 is 11.6 Å². The van der Waals surface area contributed by atoms with Crippen molar-refractivity contribution in [3.05, 3.63) is 64.7 Å². The smallest absolute Gasteiger partial charge is 0.269 e. The Hall–Kier alpha value is -2.59. The number of carbonyl (C=O) groups excluding carboxylic acids is 2. The molecule has 0 aromatic heterocycles. The number of aliphatic hydroxyl groups is 1. The standard InChI is InChI=1S/C25H28ClNO3/c1-2-3-4-5-6-7-8-13-22(28)27-21-12-10-9-11-20(21)23(25(27)30)24(29)18-14-16-19(26)17-15-18/h9-12,14-17,29H,2-8,13H2,1H3. The molecule has 158 valence electrons. The quantitative estimate of drug-likeness (QED) is 0.273. The average Bonchev–Trinajstić information content (AvgIpc) is 3.04. The highest BCUT2D eigenvalue weighted by Crippen LogP contribution is 2.40. The van der Waals surface area contributed by atoms with Gasteiger partial charge >= 0.3 is 0 Å². The molecule has 1 aliphatic heterocycles. The summed E-state index contributed by atoms with van der Waals surface area (Å²) in [4.78, 5) is 27.3. The molecule has 0 saturated carbocycles. The molecule has 0 saturated heterocycles. The maximum absolute atomic E-state index is 13.2. The Bertz CT molecular complexity index is 934. The van der Waals surface area contributed by atoms with Gasteiger partial charge in [-0.25, -0.2) is 4.90 Å². The van der Waals surface area contributed by atoms with Gasteiger partial charge in [0.25, 0.3) is 5.91 Å². The molecule has 2 aromatic rings. The van der Waals surface area contributed by atoms with Crippen molar-refractivity contribution < 1.29 is 14.7 Å². The van der Waals surface area contributed by atoms with Crippen molar-refractivity contribution in [1.29, 1.82) is 0 Å². The van der Waals surface area contributed by atoms with E-state index in [1.54, 1.807) is 48.5 Å². The lowest BCUT2D eigenvalue weighted by atomic mass is 10.0. The summed E-state index contributed by atoms with van der Waals surface area (Å²) in [5.41, 5.74) is 1.74. The van der Waals surface area contributed by atoms with E-state index < -0.39 is 5.91 Å². The molecule has 4 nitrogen and oxygen atoms in total. The number of fused-ring (bicyclic) bond motifs is 1. The van der Waals surface area contributed by atoms with Crippen LogP contribution in [0.5, 0.6) is 0 Å². The molecule has 2 amide bonds. The Morgan fingerprint density at radius 2 is 1.57 bits per heavy atom. The van der Waals surface area contributed by atoms with Crippen LogP contribution in [-0.4, -0.2) is 16.9 Å². The fraction of sp³-hybridized carbons (Fsp3) is 0.360. The SMILES string of the molecule is CCCCCCCCCC(=O)N1C(=O)C(=C(O)c2ccc(Cl)cc2)c2ccccc21. The van der Waals surface area contributed by atoms with Crippen LogP contribution in [0.1, 0.15) is 69.4 Å². The first-order valence-corrected chi connectivity index (χ1v) is 11.1. The van der Waals surface area contributed by atoms with Crippen LogP contribution in [-0.2, 0) is 9.59 Å². The average molecular weight is 426 g/mol. The molecule has 5 heteroatoms. The van der Waals surface area contributed by atoms with Gasteiger partial charge in [-0.3, -0.25) is 9.59 Å². The molecule has 0 bridgehead atoms. The van der Waals surface area contributed by atoms with Crippen LogP contribution in [0.4, 0.5) is 5.69 Å². The van der Waals surface area contributed by atoms with Crippen LogP contribution < -0.4 is 4.90 Å². The summed E-state index contributed by atoms with van der Waals surface area (Å²) in [6.45, 7) is 2.19. The van der Waals surface area contributed by atoms with Gasteiger partial charge in [0.2, 0.25) is 5.91 Å². The molecule has 0 unspecified atom stereocenters. The highest BCUT2D eigenvalue weighted by Gasteiger charge is 2.38. The van der Waals surface area contributed by atoms with Crippen molar-refractivity contribution in [2.45, 2.75) is 58.3 Å². The topological polar surface area (TPSA) is 57.6 Å². The van der Waals surface area contributed by atoms with E-state index >= 15 is 0 Å². The fourth-order valence-electron chi connectivity index (χ4n) is 3.79. The molecule has 3 rings (SSSR count). The molecule has 0 aliphatic carbocycles. The van der Waals surface area contributed by atoms with E-state index in [0.717, 1.165) is 19.3 Å². The number of amides is 2. The number of hydrogen-bond donors (Lipinski definition) is 1. The Morgan fingerprint density at radius 3 is 2.27 bits per heavy atom. The Morgan fingerprint density at radius 1 is 0.933 bits per heavy atom. The van der Waals surface area contributed by atoms with Gasteiger partial charge in [0.15, 0.2) is 0 Å². The fourth-order valence-corrected chi connectivity index (χ4v) is 3.92. The van der Waals surface area contributed by atoms with E-state index in [0.29, 0.717) is 28.3 Å². The second kappa shape index (κ2) is 10.4. The highest BCUT2D eigenvalue weighted by molar-refractivity contribution is 6.43. The third-order valence-corrected chi connectivity index (χ3v) is 5.68. The van der Waals surface area contributed by atoms with E-state index in [4.69, 9.17) is 11.6 Å². The summed E-state index contributed by atoms with van der Waals surface area (Å²) in [7, 11) is 0. The Balaban J connectivity index is 1.76. The monoisotopic (exact) mass is 425 g/mol. The molecule has 1 heterocycles. The zero-order valence-corrected chi connectivity index (χ0v) is 18.1. The summed E-state index contributed by atoms with van der Waals surface area (Å²) < 4.78 is 0. The number of nitrogens with zero attached hydrogens (tertiary/aromatic N) is 1. The van der Waals surface area contributed by atoms with Crippen molar-refractivity contribution in [2.24, 2.45) is 0 Å². The van der Waals surface area contributed by atoms with Gasteiger partial charge in [0.05, 0.1) is 11.3 Å². The largest absolute Gasteiger partial charge is 0.506 e. The van der Waals surface area contributed by atoms with Crippen molar-refractivity contribution >= 4 is 40.4 Å². The van der Waals surface area contributed by atoms with Crippen LogP contribution in [0.2, 0.25) is 5.02 Å². The summed E-state index contributed by atoms with van der Waals surface area (Å²) in [6, 6.07) is 13.7. The molecule has 0 fully saturated rings. The number of rotatable bonds is 9. The Labute approximate surface area is 183 Å². The molecule has 2 aromatic carbocycles. The lowest BCUT2D eigenvalue weighted by Gasteiger charge is -2.15. The van der Waals surface area contributed by atoms with Gasteiger partial charge < -0.3 is 5.11 Å². The molecule has 0 radical (unpaired) electrons. The minimum atomic E-state index is -0.475. The number of aliphatic hydroxyl groups excluding tert-OH is 1. The molecule has 0 atom stereocenters. The first kappa shape index (κ1) is 22.1. The minimum absolute atomic E-state index is 0.143. The van der Waals surface area contributed by atoms with Gasteiger partial charge in [0.1, 0.15) is 5.76 Å². The minimum Gasteiger partial charge on any atom is -0.506 e. The van der Waals surface area contributed by atoms with E-state index in [2.05, 4.69) is 6.92 Å². The summed E-state index contributed by atoms with van der Waals surface area (Å²) in [5, 5.41) is 11.4. The number of imide groups is 1. The van der Waals surface area contributed by atoms with Gasteiger partial charge in [-0.15, -0.1) is 0 Å². The number of carbonyl (C=O) groups is 2. The predicted octanol–water partition coefficient (Wildman–Crippen LogP) is 6.78. The van der Waals surface area contributed by atoms with Crippen LogP contribution in [0.25, 0.3) is 11.3 Å². The zero-order chi connectivity index (χ0) is 21.5. The molecular weight excluding hydrogens is 398 g/mol. The van der Waals surface area contributed by atoms with Crippen LogP contribution in [0.3, 0.4) is 0 Å². The van der Waals surface area contributed by atoms with E-state index in [1.807, 2.05) is 0 Å². The van der Waals surface area contributed by atoms with Crippen LogP contribution in [0, 0.1) is 0 Å². The maximum atomic E-state index is 13.2. The number of halogens is 1. The molecule has 1 N–H and O–H groups in total. The molecule has 0 spiro atoms. The second-order valence-electron chi connectivity index (χ2n) is 7.65. The summed E-state index contributed by atoms with van der Waals surface area (Å²) in [5.74, 6) is -0.841. The molecule has 30 heavy (non-hydrogen) atoms. The predicted molar refractivity (Wildman–Crippen MR) is 122 cm³/mol. The third kappa shape index (κ3) is 4.93. The van der Waals surface area contributed by atoms with Crippen molar-refractivity contribution in [3.63, 3.8) is 0 Å². The van der Waals surface area contributed by atoms with Crippen molar-refractivity contribution in [3.8, 4) is 0 Å². The van der Waals surface area contributed by atoms with Gasteiger partial charge in [-0.05, 0) is 36.8 Å². The number of hydrogen-bond acceptors (Lipinski definition) is 3. The molecule has 1 aliphatic rings. The number of para-hydroxylation sites is 1. The molecular formula is C25H28ClNO3. The van der Waals surface area contributed by atoms with E-state index in [9.17, 15) is 14.7 Å². The van der Waals surface area contributed by atoms with Gasteiger partial charge in [-0.2, -0.15) is 0 Å². The summed E-state index contributed by atoms with van der Waals surface area (Å²) in [6.07, 6.45) is 8.08. The van der Waals surface area contributed by atoms with Crippen molar-refractivity contribution in [1.82, 2.24) is 0 Å². The maximum Gasteiger partial charge on any atom is 0.269 e. The van der Waals surface area contributed by atoms with Gasteiger partial charge in [0, 0.05) is 22.6 Å². The third-order valence-electron chi connectivity index (χ3n) is 5.43. The first-order valence-electron chi connectivity index (χ1n) is 10.7. The van der Waals surface area contributed by atoms with Crippen molar-refractivity contribution in [2.75, 3.05) is 4.90 Å². The number of anilines is 1. The second-order valence-corrected chi connectivity index (χ2v) is 8.09. The van der Waals surface area contributed by atoms with E-state index in [1.165, 1.54) is 30.6 Å². The number of unbranched alkanes of at least 4 members (excludes halogenated alkanes) is 6. The Kier molecular flexibility index (Phi) is 7.69. The highest BCUT2D eigenvalue weighted by atomic mass is 35.5.